The lowest BCUT2D eigenvalue weighted by Crippen LogP contribution is -2.02. The Kier molecular flexibility index (Phi) is 6.14. The number of carbonyl (C=O) groups excluding carboxylic acids is 2. The van der Waals surface area contributed by atoms with Crippen molar-refractivity contribution in [2.75, 3.05) is 14.2 Å². The lowest BCUT2D eigenvalue weighted by Gasteiger charge is -2.07. The maximum atomic E-state index is 11.8. The molecule has 0 unspecified atom stereocenters. The van der Waals surface area contributed by atoms with E-state index in [0.29, 0.717) is 11.3 Å². The third kappa shape index (κ3) is 4.71. The standard InChI is InChI=1S/C19H18O5/c1-22-17-6-4-3-5-16(17)13-24-18(20)12-9-14-7-10-15(11-8-14)19(21)23-2/h3-12H,13H2,1-2H3/b12-9+. The molecule has 124 valence electrons. The second kappa shape index (κ2) is 8.53. The molecule has 0 aromatic heterocycles. The van der Waals surface area contributed by atoms with E-state index in [9.17, 15) is 9.59 Å². The van der Waals surface area contributed by atoms with Gasteiger partial charge in [-0.25, -0.2) is 9.59 Å². The molecule has 5 heteroatoms. The maximum absolute atomic E-state index is 11.8. The van der Waals surface area contributed by atoms with Gasteiger partial charge in [0.25, 0.3) is 0 Å². The van der Waals surface area contributed by atoms with Crippen LogP contribution in [0.5, 0.6) is 5.75 Å². The van der Waals surface area contributed by atoms with Crippen LogP contribution in [0.2, 0.25) is 0 Å². The first-order valence-electron chi connectivity index (χ1n) is 7.29. The molecule has 0 spiro atoms. The van der Waals surface area contributed by atoms with Crippen molar-refractivity contribution in [2.24, 2.45) is 0 Å². The molecule has 0 saturated heterocycles. The van der Waals surface area contributed by atoms with Crippen LogP contribution in [-0.4, -0.2) is 26.2 Å². The maximum Gasteiger partial charge on any atom is 0.337 e. The quantitative estimate of drug-likeness (QED) is 0.602. The Morgan fingerprint density at radius 3 is 2.38 bits per heavy atom. The fourth-order valence-electron chi connectivity index (χ4n) is 2.03. The predicted octanol–water partition coefficient (Wildman–Crippen LogP) is 3.24. The minimum Gasteiger partial charge on any atom is -0.496 e. The van der Waals surface area contributed by atoms with Gasteiger partial charge in [-0.05, 0) is 29.8 Å². The first-order chi connectivity index (χ1) is 11.6. The summed E-state index contributed by atoms with van der Waals surface area (Å²) in [6.07, 6.45) is 2.95. The first-order valence-corrected chi connectivity index (χ1v) is 7.29. The molecule has 0 bridgehead atoms. The third-order valence-electron chi connectivity index (χ3n) is 3.31. The van der Waals surface area contributed by atoms with Crippen molar-refractivity contribution in [1.82, 2.24) is 0 Å². The number of methoxy groups -OCH3 is 2. The van der Waals surface area contributed by atoms with Crippen molar-refractivity contribution < 1.29 is 23.8 Å². The fraction of sp³-hybridized carbons (Fsp3) is 0.158. The molecule has 0 aliphatic carbocycles. The van der Waals surface area contributed by atoms with E-state index < -0.39 is 11.9 Å². The highest BCUT2D eigenvalue weighted by Crippen LogP contribution is 2.18. The Morgan fingerprint density at radius 2 is 1.71 bits per heavy atom. The molecule has 2 aromatic rings. The van der Waals surface area contributed by atoms with E-state index in [1.807, 2.05) is 24.3 Å². The molecule has 0 atom stereocenters. The van der Waals surface area contributed by atoms with Gasteiger partial charge in [0.05, 0.1) is 19.8 Å². The lowest BCUT2D eigenvalue weighted by molar-refractivity contribution is -0.138. The Bertz CT molecular complexity index is 732. The topological polar surface area (TPSA) is 61.8 Å². The Labute approximate surface area is 140 Å². The van der Waals surface area contributed by atoms with Gasteiger partial charge in [-0.15, -0.1) is 0 Å². The Hall–Kier alpha value is -3.08. The third-order valence-corrected chi connectivity index (χ3v) is 3.31. The summed E-state index contributed by atoms with van der Waals surface area (Å²) in [4.78, 5) is 23.1. The van der Waals surface area contributed by atoms with Gasteiger partial charge in [0.15, 0.2) is 0 Å². The first kappa shape index (κ1) is 17.3. The number of benzene rings is 2. The number of hydrogen-bond donors (Lipinski definition) is 0. The fourth-order valence-corrected chi connectivity index (χ4v) is 2.03. The summed E-state index contributed by atoms with van der Waals surface area (Å²) in [6, 6.07) is 14.0. The summed E-state index contributed by atoms with van der Waals surface area (Å²) in [5, 5.41) is 0. The van der Waals surface area contributed by atoms with Crippen LogP contribution in [0.4, 0.5) is 0 Å². The highest BCUT2D eigenvalue weighted by molar-refractivity contribution is 5.90. The summed E-state index contributed by atoms with van der Waals surface area (Å²) in [5.74, 6) is -0.188. The molecule has 24 heavy (non-hydrogen) atoms. The summed E-state index contributed by atoms with van der Waals surface area (Å²) >= 11 is 0. The van der Waals surface area contributed by atoms with Crippen LogP contribution in [0, 0.1) is 0 Å². The van der Waals surface area contributed by atoms with E-state index in [0.717, 1.165) is 11.1 Å². The normalized spacial score (nSPS) is 10.4. The number of ether oxygens (including phenoxy) is 3. The number of hydrogen-bond acceptors (Lipinski definition) is 5. The van der Waals surface area contributed by atoms with Crippen LogP contribution in [0.3, 0.4) is 0 Å². The van der Waals surface area contributed by atoms with E-state index in [1.54, 1.807) is 37.5 Å². The molecule has 0 aliphatic rings. The molecule has 0 fully saturated rings. The van der Waals surface area contributed by atoms with Gasteiger partial charge < -0.3 is 14.2 Å². The SMILES string of the molecule is COC(=O)c1ccc(/C=C/C(=O)OCc2ccccc2OC)cc1. The second-order valence-corrected chi connectivity index (χ2v) is 4.87. The minimum atomic E-state index is -0.460. The monoisotopic (exact) mass is 326 g/mol. The average Bonchev–Trinajstić information content (AvgIpc) is 2.64. The van der Waals surface area contributed by atoms with Crippen molar-refractivity contribution in [3.8, 4) is 5.75 Å². The molecule has 2 aromatic carbocycles. The van der Waals surface area contributed by atoms with E-state index in [2.05, 4.69) is 4.74 Å². The Balaban J connectivity index is 1.92. The van der Waals surface area contributed by atoms with Crippen LogP contribution in [0.1, 0.15) is 21.5 Å². The van der Waals surface area contributed by atoms with Crippen molar-refractivity contribution in [1.29, 1.82) is 0 Å². The smallest absolute Gasteiger partial charge is 0.337 e. The zero-order valence-electron chi connectivity index (χ0n) is 13.5. The van der Waals surface area contributed by atoms with Gasteiger partial charge in [-0.2, -0.15) is 0 Å². The average molecular weight is 326 g/mol. The number of rotatable bonds is 6. The molecular formula is C19H18O5. The van der Waals surface area contributed by atoms with Gasteiger partial charge in [0.1, 0.15) is 12.4 Å². The van der Waals surface area contributed by atoms with E-state index in [4.69, 9.17) is 9.47 Å². The number of para-hydroxylation sites is 1. The lowest BCUT2D eigenvalue weighted by atomic mass is 10.1. The number of carbonyl (C=O) groups is 2. The van der Waals surface area contributed by atoms with Gasteiger partial charge in [0, 0.05) is 11.6 Å². The van der Waals surface area contributed by atoms with Crippen LogP contribution in [-0.2, 0) is 20.9 Å². The van der Waals surface area contributed by atoms with Crippen molar-refractivity contribution >= 4 is 18.0 Å². The summed E-state index contributed by atoms with van der Waals surface area (Å²) < 4.78 is 15.0. The van der Waals surface area contributed by atoms with Crippen molar-refractivity contribution in [2.45, 2.75) is 6.61 Å². The summed E-state index contributed by atoms with van der Waals surface area (Å²) in [5.41, 5.74) is 2.02. The zero-order valence-corrected chi connectivity index (χ0v) is 13.5. The molecule has 0 aliphatic heterocycles. The van der Waals surface area contributed by atoms with Crippen molar-refractivity contribution in [3.05, 3.63) is 71.3 Å². The van der Waals surface area contributed by atoms with E-state index in [-0.39, 0.29) is 6.61 Å². The summed E-state index contributed by atoms with van der Waals surface area (Å²) in [6.45, 7) is 0.133. The van der Waals surface area contributed by atoms with Gasteiger partial charge in [-0.1, -0.05) is 30.3 Å². The van der Waals surface area contributed by atoms with Crippen LogP contribution < -0.4 is 4.74 Å². The van der Waals surface area contributed by atoms with E-state index >= 15 is 0 Å². The van der Waals surface area contributed by atoms with Crippen LogP contribution in [0.25, 0.3) is 6.08 Å². The molecule has 5 nitrogen and oxygen atoms in total. The van der Waals surface area contributed by atoms with E-state index in [1.165, 1.54) is 13.2 Å². The Morgan fingerprint density at radius 1 is 1.00 bits per heavy atom. The van der Waals surface area contributed by atoms with Crippen LogP contribution in [0.15, 0.2) is 54.6 Å². The van der Waals surface area contributed by atoms with Crippen LogP contribution >= 0.6 is 0 Å². The molecule has 0 radical (unpaired) electrons. The molecule has 0 saturated carbocycles. The van der Waals surface area contributed by atoms with Gasteiger partial charge in [-0.3, -0.25) is 0 Å². The summed E-state index contributed by atoms with van der Waals surface area (Å²) in [7, 11) is 2.90. The minimum absolute atomic E-state index is 0.133. The molecule has 0 N–H and O–H groups in total. The molecular weight excluding hydrogens is 308 g/mol. The molecule has 2 rings (SSSR count). The molecule has 0 heterocycles. The van der Waals surface area contributed by atoms with Gasteiger partial charge >= 0.3 is 11.9 Å². The number of esters is 2. The highest BCUT2D eigenvalue weighted by atomic mass is 16.5. The molecule has 0 amide bonds. The largest absolute Gasteiger partial charge is 0.496 e. The van der Waals surface area contributed by atoms with Crippen molar-refractivity contribution in [3.63, 3.8) is 0 Å². The highest BCUT2D eigenvalue weighted by Gasteiger charge is 2.05. The second-order valence-electron chi connectivity index (χ2n) is 4.87. The van der Waals surface area contributed by atoms with Gasteiger partial charge in [0.2, 0.25) is 0 Å². The predicted molar refractivity (Wildman–Crippen MR) is 89.6 cm³/mol. The zero-order chi connectivity index (χ0) is 17.4.